The molecule has 2 amide bonds. The average molecular weight is 599 g/mol. The fourth-order valence-corrected chi connectivity index (χ4v) is 7.80. The lowest BCUT2D eigenvalue weighted by Gasteiger charge is -2.24. The van der Waals surface area contributed by atoms with Crippen molar-refractivity contribution < 1.29 is 22.7 Å². The lowest BCUT2D eigenvalue weighted by atomic mass is 10.0. The van der Waals surface area contributed by atoms with Crippen molar-refractivity contribution in [2.75, 3.05) is 26.2 Å². The highest BCUT2D eigenvalue weighted by molar-refractivity contribution is 7.89. The Labute approximate surface area is 245 Å². The molecule has 3 heterocycles. The average Bonchev–Trinajstić information content (AvgIpc) is 3.61. The molecule has 2 fully saturated rings. The summed E-state index contributed by atoms with van der Waals surface area (Å²) in [6.07, 6.45) is 2.96. The van der Waals surface area contributed by atoms with Gasteiger partial charge in [0, 0.05) is 23.8 Å². The predicted octanol–water partition coefficient (Wildman–Crippen LogP) is 3.76. The number of carbonyl (C=O) groups is 2. The van der Waals surface area contributed by atoms with Gasteiger partial charge in [-0.2, -0.15) is 4.31 Å². The maximum atomic E-state index is 13.3. The van der Waals surface area contributed by atoms with Crippen molar-refractivity contribution in [1.29, 1.82) is 0 Å². The van der Waals surface area contributed by atoms with Gasteiger partial charge in [-0.1, -0.05) is 32.0 Å². The van der Waals surface area contributed by atoms with Gasteiger partial charge in [-0.3, -0.25) is 9.59 Å². The van der Waals surface area contributed by atoms with Crippen LogP contribution in [0.5, 0.6) is 5.75 Å². The molecule has 1 aromatic heterocycles. The maximum absolute atomic E-state index is 13.3. The summed E-state index contributed by atoms with van der Waals surface area (Å²) in [5.74, 6) is 0.263. The number of thiophene rings is 1. The Morgan fingerprint density at radius 1 is 1.07 bits per heavy atom. The van der Waals surface area contributed by atoms with E-state index in [4.69, 9.17) is 4.74 Å². The fraction of sp³-hybridized carbons (Fsp3) is 0.467. The molecule has 2 atom stereocenters. The molecule has 0 saturated carbocycles. The van der Waals surface area contributed by atoms with E-state index >= 15 is 0 Å². The largest absolute Gasteiger partial charge is 0.490 e. The Balaban J connectivity index is 1.18. The second-order valence-electron chi connectivity index (χ2n) is 11.2. The number of nitrogens with zero attached hydrogens (tertiary/aromatic N) is 1. The second kappa shape index (κ2) is 12.9. The van der Waals surface area contributed by atoms with Gasteiger partial charge < -0.3 is 20.7 Å². The van der Waals surface area contributed by atoms with Crippen molar-refractivity contribution in [3.8, 4) is 5.75 Å². The number of ether oxygens (including phenoxy) is 1. The van der Waals surface area contributed by atoms with Crippen LogP contribution >= 0.6 is 11.3 Å². The molecule has 0 spiro atoms. The van der Waals surface area contributed by atoms with E-state index in [-0.39, 0.29) is 41.3 Å². The van der Waals surface area contributed by atoms with E-state index in [1.54, 1.807) is 24.3 Å². The molecule has 9 nitrogen and oxygen atoms in total. The van der Waals surface area contributed by atoms with Crippen LogP contribution in [-0.2, 0) is 14.8 Å². The van der Waals surface area contributed by atoms with Crippen LogP contribution in [0.4, 0.5) is 0 Å². The zero-order chi connectivity index (χ0) is 29.0. The van der Waals surface area contributed by atoms with Crippen molar-refractivity contribution in [3.63, 3.8) is 0 Å². The first kappa shape index (κ1) is 29.5. The summed E-state index contributed by atoms with van der Waals surface area (Å²) in [6, 6.07) is 15.1. The standard InChI is InChI=1S/C30H38N4O5S2/c1-20(2)17-26(33-30(36)28-18-21-5-3-4-6-27(21)40-28)29(35)32-22-13-16-34(19-22)41(37,38)25-9-7-23(8-10-25)39-24-11-14-31-15-12-24/h3-10,18,20,22,24,26,31H,11-17,19H2,1-2H3,(H,32,35)(H,33,36)/t22-,26+/m1/s1. The van der Waals surface area contributed by atoms with E-state index in [9.17, 15) is 18.0 Å². The molecule has 0 radical (unpaired) electrons. The van der Waals surface area contributed by atoms with Crippen molar-refractivity contribution in [2.45, 2.75) is 62.6 Å². The fourth-order valence-electron chi connectivity index (χ4n) is 5.34. The lowest BCUT2D eigenvalue weighted by molar-refractivity contribution is -0.124. The summed E-state index contributed by atoms with van der Waals surface area (Å²) in [4.78, 5) is 27.1. The number of fused-ring (bicyclic) bond motifs is 1. The molecule has 2 saturated heterocycles. The maximum Gasteiger partial charge on any atom is 0.262 e. The van der Waals surface area contributed by atoms with Crippen LogP contribution in [0, 0.1) is 5.92 Å². The van der Waals surface area contributed by atoms with E-state index in [1.165, 1.54) is 15.6 Å². The molecule has 11 heteroatoms. The lowest BCUT2D eigenvalue weighted by Crippen LogP contribution is -2.50. The van der Waals surface area contributed by atoms with Crippen LogP contribution < -0.4 is 20.7 Å². The van der Waals surface area contributed by atoms with Gasteiger partial charge in [0.25, 0.3) is 5.91 Å². The Hall–Kier alpha value is -2.99. The number of amides is 2. The number of sulfonamides is 1. The van der Waals surface area contributed by atoms with Gasteiger partial charge in [0.05, 0.1) is 9.77 Å². The van der Waals surface area contributed by atoms with Gasteiger partial charge >= 0.3 is 0 Å². The normalized spacial score (nSPS) is 19.3. The molecule has 0 aliphatic carbocycles. The molecule has 3 aromatic rings. The number of rotatable bonds is 10. The summed E-state index contributed by atoms with van der Waals surface area (Å²) in [5, 5.41) is 10.2. The van der Waals surface area contributed by atoms with Crippen LogP contribution in [0.15, 0.2) is 59.5 Å². The van der Waals surface area contributed by atoms with Crippen LogP contribution in [0.1, 0.15) is 49.2 Å². The number of hydrogen-bond donors (Lipinski definition) is 3. The summed E-state index contributed by atoms with van der Waals surface area (Å²) in [7, 11) is -3.72. The molecule has 2 aromatic carbocycles. The topological polar surface area (TPSA) is 117 Å². The molecular formula is C30H38N4O5S2. The number of piperidine rings is 1. The SMILES string of the molecule is CC(C)C[C@H](NC(=O)c1cc2ccccc2s1)C(=O)N[C@@H]1CCN(S(=O)(=O)c2ccc(OC3CCNCC3)cc2)C1. The zero-order valence-electron chi connectivity index (χ0n) is 23.5. The van der Waals surface area contributed by atoms with Crippen molar-refractivity contribution in [1.82, 2.24) is 20.3 Å². The van der Waals surface area contributed by atoms with Gasteiger partial charge in [-0.15, -0.1) is 11.3 Å². The Morgan fingerprint density at radius 3 is 2.51 bits per heavy atom. The first-order valence-corrected chi connectivity index (χ1v) is 16.5. The van der Waals surface area contributed by atoms with Gasteiger partial charge in [0.1, 0.15) is 17.9 Å². The highest BCUT2D eigenvalue weighted by atomic mass is 32.2. The minimum absolute atomic E-state index is 0.135. The molecule has 3 N–H and O–H groups in total. The predicted molar refractivity (Wildman–Crippen MR) is 161 cm³/mol. The van der Waals surface area contributed by atoms with E-state index in [0.29, 0.717) is 30.0 Å². The van der Waals surface area contributed by atoms with Gasteiger partial charge in [-0.05, 0) is 86.5 Å². The van der Waals surface area contributed by atoms with Gasteiger partial charge in [-0.25, -0.2) is 8.42 Å². The highest BCUT2D eigenvalue weighted by Gasteiger charge is 2.35. The van der Waals surface area contributed by atoms with E-state index in [1.807, 2.05) is 44.2 Å². The van der Waals surface area contributed by atoms with Crippen LogP contribution in [0.25, 0.3) is 10.1 Å². The molecule has 2 aliphatic heterocycles. The molecule has 41 heavy (non-hydrogen) atoms. The Morgan fingerprint density at radius 2 is 1.80 bits per heavy atom. The smallest absolute Gasteiger partial charge is 0.262 e. The number of nitrogens with one attached hydrogen (secondary N) is 3. The third-order valence-electron chi connectivity index (χ3n) is 7.53. The quantitative estimate of drug-likeness (QED) is 0.327. The molecule has 5 rings (SSSR count). The molecule has 0 bridgehead atoms. The molecule has 2 aliphatic rings. The number of benzene rings is 2. The third-order valence-corrected chi connectivity index (χ3v) is 10.5. The Kier molecular flexibility index (Phi) is 9.28. The minimum Gasteiger partial charge on any atom is -0.490 e. The summed E-state index contributed by atoms with van der Waals surface area (Å²) in [5.41, 5.74) is 0. The summed E-state index contributed by atoms with van der Waals surface area (Å²) in [6.45, 7) is 6.32. The van der Waals surface area contributed by atoms with Crippen molar-refractivity contribution in [3.05, 3.63) is 59.5 Å². The van der Waals surface area contributed by atoms with Gasteiger partial charge in [0.2, 0.25) is 15.9 Å². The summed E-state index contributed by atoms with van der Waals surface area (Å²) < 4.78 is 35.1. The van der Waals surface area contributed by atoms with E-state index < -0.39 is 16.1 Å². The zero-order valence-corrected chi connectivity index (χ0v) is 25.1. The number of hydrogen-bond acceptors (Lipinski definition) is 7. The van der Waals surface area contributed by atoms with Crippen LogP contribution in [0.2, 0.25) is 0 Å². The molecular weight excluding hydrogens is 560 g/mol. The second-order valence-corrected chi connectivity index (χ2v) is 14.2. The molecule has 220 valence electrons. The van der Waals surface area contributed by atoms with E-state index in [2.05, 4.69) is 16.0 Å². The highest BCUT2D eigenvalue weighted by Crippen LogP contribution is 2.26. The first-order chi connectivity index (χ1) is 19.7. The first-order valence-electron chi connectivity index (χ1n) is 14.3. The Bertz CT molecular complexity index is 1430. The van der Waals surface area contributed by atoms with Crippen molar-refractivity contribution >= 4 is 43.3 Å². The molecule has 0 unspecified atom stereocenters. The third kappa shape index (κ3) is 7.27. The van der Waals surface area contributed by atoms with Crippen LogP contribution in [-0.4, -0.2) is 68.9 Å². The van der Waals surface area contributed by atoms with Gasteiger partial charge in [0.15, 0.2) is 0 Å². The minimum atomic E-state index is -3.72. The monoisotopic (exact) mass is 598 g/mol. The van der Waals surface area contributed by atoms with Crippen LogP contribution in [0.3, 0.4) is 0 Å². The van der Waals surface area contributed by atoms with E-state index in [0.717, 1.165) is 36.0 Å². The van der Waals surface area contributed by atoms with Crippen molar-refractivity contribution in [2.24, 2.45) is 5.92 Å². The summed E-state index contributed by atoms with van der Waals surface area (Å²) >= 11 is 1.39. The number of carbonyl (C=O) groups excluding carboxylic acids is 2.